The minimum absolute atomic E-state index is 0.209. The Hall–Kier alpha value is -2.29. The number of hydrogen-bond donors (Lipinski definition) is 1. The van der Waals surface area contributed by atoms with E-state index in [0.717, 1.165) is 16.3 Å². The average molecular weight is 385 g/mol. The molecule has 1 N–H and O–H groups in total. The van der Waals surface area contributed by atoms with Gasteiger partial charge in [0.15, 0.2) is 0 Å². The number of amides is 1. The van der Waals surface area contributed by atoms with Gasteiger partial charge in [-0.15, -0.1) is 0 Å². The van der Waals surface area contributed by atoms with Crippen LogP contribution < -0.4 is 19.2 Å². The fraction of sp³-hybridized carbons (Fsp3) is 0.529. The zero-order valence-corrected chi connectivity index (χ0v) is 17.1. The average Bonchev–Trinajstić information content (AvgIpc) is 2.54. The summed E-state index contributed by atoms with van der Waals surface area (Å²) in [6, 6.07) is 4.71. The zero-order chi connectivity index (χ0) is 20.1. The molecule has 0 aliphatic rings. The second kappa shape index (κ2) is 8.39. The lowest BCUT2D eigenvalue weighted by Crippen LogP contribution is -2.39. The first-order valence-electron chi connectivity index (χ1n) is 7.93. The highest BCUT2D eigenvalue weighted by Gasteiger charge is 2.25. The van der Waals surface area contributed by atoms with Crippen molar-refractivity contribution in [1.29, 1.82) is 0 Å². The molecular weight excluding hydrogens is 358 g/mol. The van der Waals surface area contributed by atoms with Crippen molar-refractivity contribution in [3.05, 3.63) is 18.2 Å². The number of anilines is 1. The van der Waals surface area contributed by atoms with Crippen LogP contribution in [0.1, 0.15) is 27.7 Å². The Morgan fingerprint density at radius 2 is 1.85 bits per heavy atom. The molecule has 0 aliphatic heterocycles. The Kier molecular flexibility index (Phi) is 7.02. The van der Waals surface area contributed by atoms with E-state index in [1.165, 1.54) is 20.3 Å². The van der Waals surface area contributed by atoms with Crippen LogP contribution >= 0.6 is 0 Å². The second-order valence-electron chi connectivity index (χ2n) is 6.79. The van der Waals surface area contributed by atoms with Crippen LogP contribution in [0.25, 0.3) is 0 Å². The Bertz CT molecular complexity index is 782. The maximum absolute atomic E-state index is 12.3. The number of carbonyl (C=O) groups is 1. The number of benzene rings is 1. The van der Waals surface area contributed by atoms with E-state index in [4.69, 9.17) is 9.47 Å². The van der Waals surface area contributed by atoms with Gasteiger partial charge in [-0.3, -0.25) is 9.10 Å². The standard InChI is InChI=1S/C17H27N3O5S/c1-12(17(2,3)4)18-19-16(21)11-20(26(7,22)23)14-10-13(24-5)8-9-15(14)25-6/h8-10H,11H2,1-7H3,(H,19,21)/b18-12-. The van der Waals surface area contributed by atoms with E-state index >= 15 is 0 Å². The molecule has 9 heteroatoms. The maximum atomic E-state index is 12.3. The van der Waals surface area contributed by atoms with Gasteiger partial charge in [-0.1, -0.05) is 20.8 Å². The van der Waals surface area contributed by atoms with E-state index in [1.54, 1.807) is 19.1 Å². The minimum atomic E-state index is -3.75. The van der Waals surface area contributed by atoms with Gasteiger partial charge in [-0.2, -0.15) is 5.10 Å². The van der Waals surface area contributed by atoms with E-state index in [0.29, 0.717) is 11.5 Å². The van der Waals surface area contributed by atoms with Crippen molar-refractivity contribution in [2.45, 2.75) is 27.7 Å². The number of hydrazone groups is 1. The smallest absolute Gasteiger partial charge is 0.260 e. The molecule has 0 bridgehead atoms. The molecule has 0 fully saturated rings. The first-order chi connectivity index (χ1) is 11.9. The van der Waals surface area contributed by atoms with Gasteiger partial charge in [0.1, 0.15) is 18.0 Å². The fourth-order valence-electron chi connectivity index (χ4n) is 1.85. The van der Waals surface area contributed by atoms with Gasteiger partial charge >= 0.3 is 0 Å². The lowest BCUT2D eigenvalue weighted by molar-refractivity contribution is -0.119. The highest BCUT2D eigenvalue weighted by Crippen LogP contribution is 2.33. The van der Waals surface area contributed by atoms with E-state index in [9.17, 15) is 13.2 Å². The number of methoxy groups -OCH3 is 2. The van der Waals surface area contributed by atoms with Crippen molar-refractivity contribution in [2.24, 2.45) is 10.5 Å². The van der Waals surface area contributed by atoms with Crippen molar-refractivity contribution in [1.82, 2.24) is 5.43 Å². The normalized spacial score (nSPS) is 12.5. The van der Waals surface area contributed by atoms with Crippen LogP contribution in [0.3, 0.4) is 0 Å². The minimum Gasteiger partial charge on any atom is -0.497 e. The summed E-state index contributed by atoms with van der Waals surface area (Å²) < 4.78 is 35.8. The summed E-state index contributed by atoms with van der Waals surface area (Å²) in [5.74, 6) is 0.179. The summed E-state index contributed by atoms with van der Waals surface area (Å²) in [6.45, 7) is 7.23. The molecule has 146 valence electrons. The molecule has 0 saturated carbocycles. The maximum Gasteiger partial charge on any atom is 0.260 e. The fourth-order valence-corrected chi connectivity index (χ4v) is 2.70. The molecule has 0 spiro atoms. The Morgan fingerprint density at radius 3 is 2.31 bits per heavy atom. The predicted octanol–water partition coefficient (Wildman–Crippen LogP) is 2.01. The van der Waals surface area contributed by atoms with Crippen molar-refractivity contribution >= 4 is 27.3 Å². The summed E-state index contributed by atoms with van der Waals surface area (Å²) in [5.41, 5.74) is 3.12. The topological polar surface area (TPSA) is 97.3 Å². The third-order valence-corrected chi connectivity index (χ3v) is 4.90. The van der Waals surface area contributed by atoms with Crippen LogP contribution in [-0.2, 0) is 14.8 Å². The third-order valence-electron chi connectivity index (χ3n) is 3.78. The number of nitrogens with one attached hydrogen (secondary N) is 1. The molecule has 0 unspecified atom stereocenters. The van der Waals surface area contributed by atoms with E-state index in [-0.39, 0.29) is 11.1 Å². The highest BCUT2D eigenvalue weighted by molar-refractivity contribution is 7.92. The van der Waals surface area contributed by atoms with Crippen molar-refractivity contribution in [3.63, 3.8) is 0 Å². The number of hydrogen-bond acceptors (Lipinski definition) is 6. The molecule has 1 amide bonds. The molecule has 8 nitrogen and oxygen atoms in total. The van der Waals surface area contributed by atoms with Crippen LogP contribution in [0.4, 0.5) is 5.69 Å². The van der Waals surface area contributed by atoms with E-state index in [1.807, 2.05) is 20.8 Å². The second-order valence-corrected chi connectivity index (χ2v) is 8.70. The van der Waals surface area contributed by atoms with Gasteiger partial charge in [0.2, 0.25) is 10.0 Å². The van der Waals surface area contributed by atoms with Gasteiger partial charge in [-0.05, 0) is 19.1 Å². The number of carbonyl (C=O) groups excluding carboxylic acids is 1. The van der Waals surface area contributed by atoms with Crippen molar-refractivity contribution in [2.75, 3.05) is 31.3 Å². The van der Waals surface area contributed by atoms with Crippen LogP contribution in [0.2, 0.25) is 0 Å². The summed E-state index contributed by atoms with van der Waals surface area (Å²) in [7, 11) is -0.864. The number of nitrogens with zero attached hydrogens (tertiary/aromatic N) is 2. The number of ether oxygens (including phenoxy) is 2. The van der Waals surface area contributed by atoms with Gasteiger partial charge in [0.25, 0.3) is 5.91 Å². The number of sulfonamides is 1. The molecule has 1 rings (SSSR count). The van der Waals surface area contributed by atoms with Gasteiger partial charge in [-0.25, -0.2) is 13.8 Å². The molecule has 0 heterocycles. The largest absolute Gasteiger partial charge is 0.497 e. The first-order valence-corrected chi connectivity index (χ1v) is 9.78. The van der Waals surface area contributed by atoms with Crippen LogP contribution in [0.15, 0.2) is 23.3 Å². The lowest BCUT2D eigenvalue weighted by Gasteiger charge is -2.24. The van der Waals surface area contributed by atoms with Crippen LogP contribution in [0.5, 0.6) is 11.5 Å². The SMILES string of the molecule is COc1ccc(OC)c(N(CC(=O)N/N=C(/C)C(C)(C)C)S(C)(=O)=O)c1. The summed E-state index contributed by atoms with van der Waals surface area (Å²) in [6.07, 6.45) is 1.02. The Morgan fingerprint density at radius 1 is 1.23 bits per heavy atom. The molecule has 0 aromatic heterocycles. The molecule has 1 aromatic carbocycles. The van der Waals surface area contributed by atoms with E-state index in [2.05, 4.69) is 10.5 Å². The predicted molar refractivity (Wildman–Crippen MR) is 102 cm³/mol. The van der Waals surface area contributed by atoms with Gasteiger partial charge < -0.3 is 9.47 Å². The van der Waals surface area contributed by atoms with E-state index < -0.39 is 22.5 Å². The number of rotatable bonds is 7. The monoisotopic (exact) mass is 385 g/mol. The molecule has 0 saturated heterocycles. The zero-order valence-electron chi connectivity index (χ0n) is 16.3. The van der Waals surface area contributed by atoms with Crippen LogP contribution in [0, 0.1) is 5.41 Å². The quantitative estimate of drug-likeness (QED) is 0.572. The van der Waals surface area contributed by atoms with Crippen molar-refractivity contribution in [3.8, 4) is 11.5 Å². The Balaban J connectivity index is 3.16. The molecule has 26 heavy (non-hydrogen) atoms. The molecular formula is C17H27N3O5S. The summed E-state index contributed by atoms with van der Waals surface area (Å²) >= 11 is 0. The lowest BCUT2D eigenvalue weighted by atomic mass is 9.91. The molecule has 0 radical (unpaired) electrons. The summed E-state index contributed by atoms with van der Waals surface area (Å²) in [5, 5.41) is 4.04. The van der Waals surface area contributed by atoms with Crippen LogP contribution in [-0.4, -0.2) is 47.1 Å². The highest BCUT2D eigenvalue weighted by atomic mass is 32.2. The molecule has 0 atom stereocenters. The molecule has 1 aromatic rings. The third kappa shape index (κ3) is 5.91. The summed E-state index contributed by atoms with van der Waals surface area (Å²) in [4.78, 5) is 12.3. The molecule has 0 aliphatic carbocycles. The van der Waals surface area contributed by atoms with Crippen molar-refractivity contribution < 1.29 is 22.7 Å². The van der Waals surface area contributed by atoms with Gasteiger partial charge in [0.05, 0.1) is 26.2 Å². The van der Waals surface area contributed by atoms with Gasteiger partial charge in [0, 0.05) is 17.2 Å². The Labute approximate surface area is 155 Å². The first kappa shape index (κ1) is 21.8.